The van der Waals surface area contributed by atoms with Crippen molar-refractivity contribution in [3.05, 3.63) is 94.8 Å². The summed E-state index contributed by atoms with van der Waals surface area (Å²) in [6.07, 6.45) is 12.9. The van der Waals surface area contributed by atoms with Crippen LogP contribution in [0.4, 0.5) is 0 Å². The van der Waals surface area contributed by atoms with E-state index >= 15 is 0 Å². The maximum Gasteiger partial charge on any atom is 0.265 e. The summed E-state index contributed by atoms with van der Waals surface area (Å²) >= 11 is 1.38. The Bertz CT molecular complexity index is 3760. The zero-order chi connectivity index (χ0) is 80.9. The number of hydrogen-bond acceptors (Lipinski definition) is 20. The van der Waals surface area contributed by atoms with Gasteiger partial charge in [0.2, 0.25) is 0 Å². The predicted molar refractivity (Wildman–Crippen MR) is 451 cm³/mol. The van der Waals surface area contributed by atoms with Crippen LogP contribution in [0, 0.1) is 192 Å². The van der Waals surface area contributed by atoms with E-state index in [-0.39, 0.29) is 53.2 Å². The lowest BCUT2D eigenvalue weighted by atomic mass is 9.84. The molecule has 7 rings (SSSR count). The molecule has 12 atom stereocenters. The van der Waals surface area contributed by atoms with Gasteiger partial charge in [0.1, 0.15) is 42.5 Å². The van der Waals surface area contributed by atoms with E-state index in [4.69, 9.17) is 63.9 Å². The van der Waals surface area contributed by atoms with Gasteiger partial charge < -0.3 is 93.8 Å². The van der Waals surface area contributed by atoms with Crippen molar-refractivity contribution in [3.8, 4) is 191 Å². The van der Waals surface area contributed by atoms with E-state index in [0.717, 1.165) is 28.7 Å². The molecule has 0 radical (unpaired) electrons. The minimum absolute atomic E-state index is 0. The van der Waals surface area contributed by atoms with Gasteiger partial charge in [0.05, 0.1) is 47.6 Å². The topological polar surface area (TPSA) is 346 Å². The monoisotopic (exact) mass is 1500 g/mol. The highest BCUT2D eigenvalue weighted by Gasteiger charge is 2.48. The molecular weight excluding hydrogens is 1380 g/mol. The van der Waals surface area contributed by atoms with Crippen molar-refractivity contribution < 1.29 is 49.2 Å². The van der Waals surface area contributed by atoms with E-state index in [1.807, 2.05) is 130 Å². The fraction of sp³-hybridized carbons (Fsp3) is 0.437. The summed E-state index contributed by atoms with van der Waals surface area (Å²) in [5.74, 6) is 65.4. The van der Waals surface area contributed by atoms with Gasteiger partial charge in [-0.05, 0) is 274 Å². The Labute approximate surface area is 654 Å². The van der Waals surface area contributed by atoms with Gasteiger partial charge in [0, 0.05) is 12.1 Å². The zero-order valence-corrected chi connectivity index (χ0v) is 64.4. The number of terminal acetylenes is 3. The Morgan fingerprint density at radius 1 is 0.583 bits per heavy atom. The van der Waals surface area contributed by atoms with Crippen molar-refractivity contribution >= 4 is 21.6 Å². The first-order chi connectivity index (χ1) is 50.9. The Morgan fingerprint density at radius 2 is 0.972 bits per heavy atom. The normalized spacial score (nSPS) is 18.3. The van der Waals surface area contributed by atoms with Crippen LogP contribution in [0.2, 0.25) is 0 Å². The Morgan fingerprint density at radius 3 is 1.34 bits per heavy atom. The molecule has 2 saturated heterocycles. The van der Waals surface area contributed by atoms with E-state index in [2.05, 4.69) is 212 Å². The van der Waals surface area contributed by atoms with E-state index in [0.29, 0.717) is 24.7 Å². The van der Waals surface area contributed by atoms with Crippen molar-refractivity contribution in [2.24, 2.45) is 34.6 Å². The molecular formula is C87H121N9O11S. The maximum absolute atomic E-state index is 11.0. The van der Waals surface area contributed by atoms with Gasteiger partial charge in [0.25, 0.3) is 5.56 Å². The molecule has 3 fully saturated rings. The number of rotatable bonds is 9. The predicted octanol–water partition coefficient (Wildman–Crippen LogP) is 6.03. The van der Waals surface area contributed by atoms with Gasteiger partial charge in [-0.15, -0.1) is 25.7 Å². The van der Waals surface area contributed by atoms with Crippen molar-refractivity contribution in [2.45, 2.75) is 177 Å². The number of para-hydroxylation sites is 1. The third kappa shape index (κ3) is 59.9. The minimum atomic E-state index is -1.18. The third-order valence-corrected chi connectivity index (χ3v) is 12.7. The van der Waals surface area contributed by atoms with Crippen LogP contribution in [0.25, 0.3) is 10.1 Å². The number of nitrogens with one attached hydrogen (secondary N) is 4. The summed E-state index contributed by atoms with van der Waals surface area (Å²) in [4.78, 5) is 10.9. The fourth-order valence-corrected chi connectivity index (χ4v) is 8.30. The standard InChI is InChI=1S/C20H40N4O7.C20H6.C10H2.C8H10O2.C7H5NOS.C7H8O.2C2H7N.2C2H6.C2H2.2CH5N.3CH4/c1-8(2)13-5-4-9(21)19(29-13)30-17-10(22)6-11(23)18(16(17)27)31-20-15(26)14(24-3)12(25)7-28-20;1-3-5-7-9-11-13-15-17-19-20-18-16-14-12-10-8-6-4-2;1-3-5-7-9-10-8-6-4-2;9-6-7-10-8-4-2-1-3-5-8;9-7-5-3-1-2-4-6(5)10-8-7;1-6-2-4-7(8)5-3-6;2*1-3-2;5*1-2;;;/h8-20,24-27H,4-7,21-23H2,1-3H3;1-2H3;1-2H;1-5,9H,6-7H2;1-4H,(H,8,9);2-5,8H,1H3;2*3H,1-2H3;2*1-2H3;1-2H;2*2H2,1H3;3*1H4. The summed E-state index contributed by atoms with van der Waals surface area (Å²) in [5, 5.41) is 57.8. The molecule has 12 unspecified atom stereocenters. The number of aromatic hydroxyl groups is 1. The number of hydrogen-bond donors (Lipinski definition) is 14. The van der Waals surface area contributed by atoms with E-state index in [1.165, 1.54) is 31.2 Å². The first-order valence-corrected chi connectivity index (χ1v) is 33.8. The fourth-order valence-electron chi connectivity index (χ4n) is 7.57. The molecule has 1 saturated carbocycles. The lowest BCUT2D eigenvalue weighted by molar-refractivity contribution is -0.298. The molecule has 20 nitrogen and oxygen atoms in total. The SMILES string of the molecule is C.C.C.C#C.C#CC#CC#CC#CC#C.CC.CC.CC#CC#CC#CC#CC#CC#CC#CC#CC#CC.CN.CN.CNC.CNC.CNC1C(O)COC(OC2C(N)CC(N)C(OC3OC(C(C)C)CCC3N)C2O)C1O.Cc1ccc(O)cc1.O=c1[nH]sc2ccccc12.OCCOc1ccccc1. The summed E-state index contributed by atoms with van der Waals surface area (Å²) in [6, 6.07) is 22.0. The quantitative estimate of drug-likeness (QED) is 0.0851. The highest BCUT2D eigenvalue weighted by molar-refractivity contribution is 7.13. The molecule has 19 N–H and O–H groups in total. The van der Waals surface area contributed by atoms with Crippen LogP contribution in [-0.4, -0.2) is 172 Å². The molecule has 0 bridgehead atoms. The second-order valence-corrected chi connectivity index (χ2v) is 20.5. The van der Waals surface area contributed by atoms with Gasteiger partial charge in [-0.25, -0.2) is 0 Å². The molecule has 21 heteroatoms. The Hall–Kier alpha value is -10.3. The molecule has 2 aliphatic heterocycles. The first-order valence-electron chi connectivity index (χ1n) is 33.0. The molecule has 1 aromatic heterocycles. The molecule has 1 aliphatic carbocycles. The lowest BCUT2D eigenvalue weighted by Crippen LogP contribution is -2.67. The van der Waals surface area contributed by atoms with Crippen molar-refractivity contribution in [3.63, 3.8) is 0 Å². The smallest absolute Gasteiger partial charge is 0.265 e. The van der Waals surface area contributed by atoms with Gasteiger partial charge in [-0.2, -0.15) is 0 Å². The van der Waals surface area contributed by atoms with Crippen LogP contribution < -0.4 is 54.9 Å². The van der Waals surface area contributed by atoms with Gasteiger partial charge in [-0.1, -0.05) is 135 Å². The summed E-state index contributed by atoms with van der Waals surface area (Å²) in [5.41, 5.74) is 28.9. The van der Waals surface area contributed by atoms with Gasteiger partial charge in [0.15, 0.2) is 12.6 Å². The van der Waals surface area contributed by atoms with Crippen LogP contribution in [0.3, 0.4) is 0 Å². The van der Waals surface area contributed by atoms with Crippen molar-refractivity contribution in [1.29, 1.82) is 0 Å². The average Bonchev–Trinajstić information content (AvgIpc) is 0.955. The molecule has 108 heavy (non-hydrogen) atoms. The van der Waals surface area contributed by atoms with Crippen LogP contribution in [0.1, 0.15) is 102 Å². The van der Waals surface area contributed by atoms with Crippen LogP contribution >= 0.6 is 11.5 Å². The summed E-state index contributed by atoms with van der Waals surface area (Å²) in [7, 11) is 12.1. The number of benzene rings is 3. The molecule has 3 aliphatic rings. The van der Waals surface area contributed by atoms with Crippen LogP contribution in [0.15, 0.2) is 83.7 Å². The van der Waals surface area contributed by atoms with E-state index in [9.17, 15) is 20.1 Å². The highest BCUT2D eigenvalue weighted by atomic mass is 32.1. The largest absolute Gasteiger partial charge is 0.508 e. The lowest BCUT2D eigenvalue weighted by Gasteiger charge is -2.47. The molecule has 3 aromatic carbocycles. The van der Waals surface area contributed by atoms with E-state index in [1.54, 1.807) is 33.0 Å². The van der Waals surface area contributed by atoms with Crippen molar-refractivity contribution in [2.75, 3.05) is 69.2 Å². The number of aromatic nitrogens is 1. The zero-order valence-electron chi connectivity index (χ0n) is 63.5. The molecule has 3 heterocycles. The third-order valence-electron chi connectivity index (χ3n) is 11.8. The summed E-state index contributed by atoms with van der Waals surface area (Å²) in [6.45, 7) is 18.0. The second-order valence-electron chi connectivity index (χ2n) is 19.6. The number of ether oxygens (including phenoxy) is 5. The molecule has 0 spiro atoms. The van der Waals surface area contributed by atoms with Crippen LogP contribution in [0.5, 0.6) is 11.5 Å². The Balaban J connectivity index is -0.000000158. The van der Waals surface area contributed by atoms with Crippen molar-refractivity contribution in [1.82, 2.24) is 20.3 Å². The number of aryl methyl sites for hydroxylation is 1. The average molecular weight is 1500 g/mol. The maximum atomic E-state index is 11.0. The molecule has 586 valence electrons. The number of aliphatic hydroxyl groups is 4. The molecule has 4 aromatic rings. The minimum Gasteiger partial charge on any atom is -0.508 e. The number of fused-ring (bicyclic) bond motifs is 1. The van der Waals surface area contributed by atoms with Gasteiger partial charge in [-0.3, -0.25) is 9.17 Å². The van der Waals surface area contributed by atoms with E-state index < -0.39 is 61.2 Å². The number of phenols is 1. The first kappa shape index (κ1) is 116. The number of phenolic OH excluding ortho intramolecular Hbond substituents is 1. The van der Waals surface area contributed by atoms with Gasteiger partial charge >= 0.3 is 0 Å². The Kier molecular flexibility index (Phi) is 92.1. The number of H-pyrrole nitrogens is 1. The molecule has 0 amide bonds. The summed E-state index contributed by atoms with van der Waals surface area (Å²) < 4.78 is 32.3. The second kappa shape index (κ2) is 85.6. The van der Waals surface area contributed by atoms with Crippen LogP contribution in [-0.2, 0) is 18.9 Å². The number of nitrogens with two attached hydrogens (primary N) is 5. The number of aliphatic hydroxyl groups excluding tert-OH is 4. The number of likely N-dealkylation sites (N-methyl/N-ethyl adjacent to an activating group) is 1. The number of aromatic amines is 1. The highest BCUT2D eigenvalue weighted by Crippen LogP contribution is 2.31.